The Kier molecular flexibility index (Phi) is 10.8. The maximum absolute atomic E-state index is 15.5. The van der Waals surface area contributed by atoms with E-state index in [-0.39, 0.29) is 40.2 Å². The van der Waals surface area contributed by atoms with E-state index in [1.807, 2.05) is 32.9 Å². The van der Waals surface area contributed by atoms with Crippen LogP contribution in [0.3, 0.4) is 0 Å². The summed E-state index contributed by atoms with van der Waals surface area (Å²) < 4.78 is 15.5. The summed E-state index contributed by atoms with van der Waals surface area (Å²) in [5.74, 6) is -0.705. The third kappa shape index (κ3) is 7.27. The van der Waals surface area contributed by atoms with Gasteiger partial charge in [0.1, 0.15) is 0 Å². The van der Waals surface area contributed by atoms with Gasteiger partial charge in [-0.3, -0.25) is 19.2 Å². The second kappa shape index (κ2) is 14.1. The Balaban J connectivity index is 1.95. The number of benzene rings is 4. The van der Waals surface area contributed by atoms with E-state index in [1.54, 1.807) is 88.4 Å². The van der Waals surface area contributed by atoms with Crippen LogP contribution in [-0.2, 0) is 4.57 Å². The third-order valence-corrected chi connectivity index (χ3v) is 12.0. The molecular weight excluding hydrogens is 615 g/mol. The highest BCUT2D eigenvalue weighted by Crippen LogP contribution is 2.56. The Morgan fingerprint density at radius 3 is 1.25 bits per heavy atom. The summed E-state index contributed by atoms with van der Waals surface area (Å²) in [7, 11) is -4.37. The molecule has 0 bridgehead atoms. The highest BCUT2D eigenvalue weighted by Gasteiger charge is 2.45. The molecule has 1 unspecified atom stereocenters. The van der Waals surface area contributed by atoms with Crippen molar-refractivity contribution in [2.75, 3.05) is 6.16 Å². The first-order valence-corrected chi connectivity index (χ1v) is 18.4. The summed E-state index contributed by atoms with van der Waals surface area (Å²) in [6, 6.07) is 21.2. The van der Waals surface area contributed by atoms with Crippen molar-refractivity contribution >= 4 is 29.8 Å². The van der Waals surface area contributed by atoms with Crippen molar-refractivity contribution in [2.45, 2.75) is 75.7 Å². The number of aryl methyl sites for hydroxylation is 4. The van der Waals surface area contributed by atoms with E-state index in [2.05, 4.69) is 20.8 Å². The molecular formula is C42H47O5P. The summed E-state index contributed by atoms with van der Waals surface area (Å²) >= 11 is 0. The van der Waals surface area contributed by atoms with Crippen LogP contribution < -0.4 is 0 Å². The maximum atomic E-state index is 15.5. The van der Waals surface area contributed by atoms with Crippen molar-refractivity contribution in [3.8, 4) is 0 Å². The SMILES string of the molecule is Cc1cc(C)c(C(=O)P(=O)(CC(C)CC(C)(C)C)C(=O)c2c(C)cc(C)c(C(=O)c3ccccc3)c2C)c(C)c1C(=O)c1ccccc1. The summed E-state index contributed by atoms with van der Waals surface area (Å²) in [6.45, 7) is 18.7. The van der Waals surface area contributed by atoms with Gasteiger partial charge in [-0.2, -0.15) is 0 Å². The molecule has 0 fully saturated rings. The highest BCUT2D eigenvalue weighted by atomic mass is 31.2. The molecule has 0 saturated heterocycles. The molecule has 4 rings (SSSR count). The number of hydrogen-bond donors (Lipinski definition) is 0. The fourth-order valence-corrected chi connectivity index (χ4v) is 10.3. The Morgan fingerprint density at radius 2 is 0.917 bits per heavy atom. The van der Waals surface area contributed by atoms with Gasteiger partial charge in [0.15, 0.2) is 11.6 Å². The zero-order valence-corrected chi connectivity index (χ0v) is 30.8. The van der Waals surface area contributed by atoms with Crippen LogP contribution in [0.25, 0.3) is 0 Å². The highest BCUT2D eigenvalue weighted by molar-refractivity contribution is 7.95. The second-order valence-electron chi connectivity index (χ2n) is 14.6. The average molecular weight is 663 g/mol. The molecule has 0 heterocycles. The molecule has 250 valence electrons. The summed E-state index contributed by atoms with van der Waals surface area (Å²) in [5.41, 5.74) is 3.76. The van der Waals surface area contributed by atoms with E-state index in [1.165, 1.54) is 0 Å². The molecule has 0 N–H and O–H groups in total. The van der Waals surface area contributed by atoms with Crippen molar-refractivity contribution in [2.24, 2.45) is 11.3 Å². The minimum absolute atomic E-state index is 0.120. The van der Waals surface area contributed by atoms with E-state index >= 15 is 4.57 Å². The number of ketones is 2. The summed E-state index contributed by atoms with van der Waals surface area (Å²) in [4.78, 5) is 57.4. The van der Waals surface area contributed by atoms with Crippen LogP contribution in [-0.4, -0.2) is 28.8 Å². The van der Waals surface area contributed by atoms with Gasteiger partial charge in [0.2, 0.25) is 18.2 Å². The van der Waals surface area contributed by atoms with Crippen LogP contribution in [0.15, 0.2) is 72.8 Å². The summed E-state index contributed by atoms with van der Waals surface area (Å²) in [5, 5.41) is 0. The van der Waals surface area contributed by atoms with Gasteiger partial charge in [0.25, 0.3) is 0 Å². The first kappa shape index (κ1) is 36.6. The smallest absolute Gasteiger partial charge is 0.229 e. The van der Waals surface area contributed by atoms with E-state index in [0.29, 0.717) is 62.1 Å². The molecule has 48 heavy (non-hydrogen) atoms. The van der Waals surface area contributed by atoms with Crippen LogP contribution in [0, 0.1) is 52.9 Å². The number of hydrogen-bond acceptors (Lipinski definition) is 5. The van der Waals surface area contributed by atoms with Gasteiger partial charge >= 0.3 is 0 Å². The molecule has 6 heteroatoms. The lowest BCUT2D eigenvalue weighted by Crippen LogP contribution is -2.23. The van der Waals surface area contributed by atoms with Gasteiger partial charge in [-0.15, -0.1) is 0 Å². The van der Waals surface area contributed by atoms with Crippen molar-refractivity contribution in [1.29, 1.82) is 0 Å². The molecule has 0 radical (unpaired) electrons. The van der Waals surface area contributed by atoms with Crippen LogP contribution in [0.1, 0.15) is 120 Å². The number of carbonyl (C=O) groups excluding carboxylic acids is 4. The van der Waals surface area contributed by atoms with Crippen molar-refractivity contribution < 1.29 is 23.7 Å². The van der Waals surface area contributed by atoms with Crippen molar-refractivity contribution in [1.82, 2.24) is 0 Å². The standard InChI is InChI=1S/C42H47O5P/c1-25(23-42(8,9)10)24-48(47,40(45)36-28(4)21-26(2)34(30(36)6)38(43)32-17-13-11-14-18-32)41(46)37-29(5)22-27(3)35(31(37)7)39(44)33-19-15-12-16-20-33/h11-22,25H,23-24H2,1-10H3. The van der Waals surface area contributed by atoms with Gasteiger partial charge in [0.05, 0.1) is 0 Å². The first-order valence-electron chi connectivity index (χ1n) is 16.5. The molecule has 0 amide bonds. The minimum Gasteiger partial charge on any atom is -0.307 e. The lowest BCUT2D eigenvalue weighted by Gasteiger charge is -2.28. The quantitative estimate of drug-likeness (QED) is 0.118. The molecule has 4 aromatic carbocycles. The van der Waals surface area contributed by atoms with E-state index in [4.69, 9.17) is 0 Å². The molecule has 0 saturated carbocycles. The van der Waals surface area contributed by atoms with Crippen LogP contribution in [0.4, 0.5) is 0 Å². The molecule has 0 aliphatic heterocycles. The lowest BCUT2D eigenvalue weighted by molar-refractivity contribution is 0.102. The largest absolute Gasteiger partial charge is 0.307 e. The molecule has 4 aromatic rings. The molecule has 1 atom stereocenters. The first-order chi connectivity index (χ1) is 22.4. The predicted molar refractivity (Wildman–Crippen MR) is 195 cm³/mol. The Labute approximate surface area is 285 Å². The Bertz CT molecular complexity index is 1830. The number of carbonyl (C=O) groups is 4. The monoisotopic (exact) mass is 662 g/mol. The van der Waals surface area contributed by atoms with Gasteiger partial charge in [-0.25, -0.2) is 0 Å². The molecule has 0 aliphatic carbocycles. The zero-order chi connectivity index (χ0) is 35.7. The Hall–Kier alpha value is -4.21. The fraction of sp³-hybridized carbons (Fsp3) is 0.333. The minimum atomic E-state index is -4.37. The van der Waals surface area contributed by atoms with Crippen LogP contribution >= 0.6 is 7.14 Å². The topological polar surface area (TPSA) is 85.3 Å². The van der Waals surface area contributed by atoms with E-state index in [0.717, 1.165) is 0 Å². The molecule has 5 nitrogen and oxygen atoms in total. The zero-order valence-electron chi connectivity index (χ0n) is 29.9. The van der Waals surface area contributed by atoms with Gasteiger partial charge in [-0.1, -0.05) is 100 Å². The third-order valence-electron chi connectivity index (χ3n) is 9.08. The van der Waals surface area contributed by atoms with Crippen LogP contribution in [0.5, 0.6) is 0 Å². The maximum Gasteiger partial charge on any atom is 0.229 e. The number of rotatable bonds is 11. The van der Waals surface area contributed by atoms with Gasteiger partial charge in [-0.05, 0) is 92.7 Å². The van der Waals surface area contributed by atoms with Crippen molar-refractivity contribution in [3.05, 3.63) is 140 Å². The Morgan fingerprint density at radius 1 is 0.583 bits per heavy atom. The second-order valence-corrected chi connectivity index (χ2v) is 17.2. The fourth-order valence-electron chi connectivity index (χ4n) is 7.36. The predicted octanol–water partition coefficient (Wildman–Crippen LogP) is 10.4. The van der Waals surface area contributed by atoms with Crippen LogP contribution in [0.2, 0.25) is 0 Å². The van der Waals surface area contributed by atoms with Gasteiger partial charge < -0.3 is 4.57 Å². The summed E-state index contributed by atoms with van der Waals surface area (Å²) in [6.07, 6.45) is 0.524. The molecule has 0 aliphatic rings. The normalized spacial score (nSPS) is 12.5. The molecule has 0 spiro atoms. The molecule has 0 aromatic heterocycles. The van der Waals surface area contributed by atoms with Gasteiger partial charge in [0, 0.05) is 39.5 Å². The van der Waals surface area contributed by atoms with Crippen molar-refractivity contribution in [3.63, 3.8) is 0 Å². The van der Waals surface area contributed by atoms with E-state index in [9.17, 15) is 19.2 Å². The lowest BCUT2D eigenvalue weighted by atomic mass is 9.86. The van der Waals surface area contributed by atoms with E-state index < -0.39 is 18.2 Å². The average Bonchev–Trinajstić information content (AvgIpc) is 3.00.